The number of benzene rings is 3. The van der Waals surface area contributed by atoms with Crippen molar-refractivity contribution in [1.29, 1.82) is 0 Å². The second kappa shape index (κ2) is 9.41. The van der Waals surface area contributed by atoms with Gasteiger partial charge in [0.2, 0.25) is 0 Å². The molecule has 0 radical (unpaired) electrons. The van der Waals surface area contributed by atoms with Crippen molar-refractivity contribution in [2.45, 2.75) is 45.1 Å². The van der Waals surface area contributed by atoms with Gasteiger partial charge in [0.05, 0.1) is 28.0 Å². The fourth-order valence-corrected chi connectivity index (χ4v) is 4.65. The maximum absolute atomic E-state index is 13.4. The van der Waals surface area contributed by atoms with E-state index in [-0.39, 0.29) is 12.5 Å². The molecular weight excluding hydrogens is 506 g/mol. The third kappa shape index (κ3) is 4.94. The van der Waals surface area contributed by atoms with Gasteiger partial charge in [0.25, 0.3) is 0 Å². The molecule has 3 aromatic carbocycles. The van der Waals surface area contributed by atoms with Crippen LogP contribution in [0.3, 0.4) is 0 Å². The third-order valence-electron chi connectivity index (χ3n) is 6.58. The molecule has 1 aliphatic rings. The van der Waals surface area contributed by atoms with Crippen LogP contribution in [0.25, 0.3) is 10.9 Å². The number of nitrogens with zero attached hydrogens (tertiary/aromatic N) is 3. The molecule has 4 nitrogen and oxygen atoms in total. The molecule has 0 spiro atoms. The molecule has 0 saturated heterocycles. The van der Waals surface area contributed by atoms with Crippen molar-refractivity contribution in [3.63, 3.8) is 0 Å². The van der Waals surface area contributed by atoms with E-state index in [0.717, 1.165) is 33.4 Å². The number of nitrogens with one attached hydrogen (secondary N) is 1. The lowest BCUT2D eigenvalue weighted by molar-refractivity contribution is -0.143. The zero-order valence-corrected chi connectivity index (χ0v) is 20.4. The Bertz CT molecular complexity index is 1540. The van der Waals surface area contributed by atoms with Gasteiger partial charge >= 0.3 is 12.4 Å². The lowest BCUT2D eigenvalue weighted by Crippen LogP contribution is -2.11. The van der Waals surface area contributed by atoms with Gasteiger partial charge in [-0.15, -0.1) is 0 Å². The number of alkyl halides is 6. The van der Waals surface area contributed by atoms with Crippen molar-refractivity contribution in [2.75, 3.05) is 0 Å². The van der Waals surface area contributed by atoms with Gasteiger partial charge in [-0.2, -0.15) is 31.4 Å². The topological polar surface area (TPSA) is 53.4 Å². The van der Waals surface area contributed by atoms with E-state index in [2.05, 4.69) is 15.2 Å². The molecule has 0 aliphatic carbocycles. The van der Waals surface area contributed by atoms with Gasteiger partial charge in [0.15, 0.2) is 0 Å². The first-order valence-electron chi connectivity index (χ1n) is 11.9. The molecule has 1 N–H and O–H groups in total. The van der Waals surface area contributed by atoms with Gasteiger partial charge in [0.1, 0.15) is 6.04 Å². The molecule has 2 heterocycles. The molecular formula is C28H22F6N4. The highest BCUT2D eigenvalue weighted by Gasteiger charge is 2.37. The van der Waals surface area contributed by atoms with Crippen LogP contribution in [0.2, 0.25) is 0 Å². The summed E-state index contributed by atoms with van der Waals surface area (Å²) in [6.45, 7) is 3.82. The largest absolute Gasteiger partial charge is 0.416 e. The molecule has 1 aliphatic heterocycles. The average molecular weight is 529 g/mol. The summed E-state index contributed by atoms with van der Waals surface area (Å²) in [6.07, 6.45) is -9.20. The van der Waals surface area contributed by atoms with Crippen LogP contribution < -0.4 is 0 Å². The second-order valence-electron chi connectivity index (χ2n) is 9.16. The van der Waals surface area contributed by atoms with E-state index < -0.39 is 35.2 Å². The van der Waals surface area contributed by atoms with Gasteiger partial charge in [-0.3, -0.25) is 15.1 Å². The normalized spacial score (nSPS) is 17.4. The predicted molar refractivity (Wildman–Crippen MR) is 134 cm³/mol. The van der Waals surface area contributed by atoms with Crippen LogP contribution in [0.15, 0.2) is 70.6 Å². The highest BCUT2D eigenvalue weighted by atomic mass is 19.4. The number of aromatic nitrogens is 2. The molecule has 38 heavy (non-hydrogen) atoms. The molecule has 5 rings (SSSR count). The summed E-state index contributed by atoms with van der Waals surface area (Å²) in [5.74, 6) is 0. The Labute approximate surface area is 214 Å². The fraction of sp³-hybridized carbons (Fsp3) is 0.250. The van der Waals surface area contributed by atoms with Crippen molar-refractivity contribution >= 4 is 28.0 Å². The Kier molecular flexibility index (Phi) is 6.36. The van der Waals surface area contributed by atoms with Crippen molar-refractivity contribution < 1.29 is 26.3 Å². The monoisotopic (exact) mass is 528 g/mol. The summed E-state index contributed by atoms with van der Waals surface area (Å²) in [7, 11) is 0. The van der Waals surface area contributed by atoms with Crippen LogP contribution in [0, 0.1) is 6.92 Å². The quantitative estimate of drug-likeness (QED) is 0.267. The number of aliphatic imine (C=N–C) groups is 2. The zero-order chi connectivity index (χ0) is 27.2. The Balaban J connectivity index is 1.68. The zero-order valence-electron chi connectivity index (χ0n) is 20.4. The van der Waals surface area contributed by atoms with E-state index >= 15 is 0 Å². The smallest absolute Gasteiger partial charge is 0.282 e. The Morgan fingerprint density at radius 2 is 1.61 bits per heavy atom. The van der Waals surface area contributed by atoms with Crippen molar-refractivity contribution in [3.8, 4) is 0 Å². The number of aryl methyl sites for hydroxylation is 1. The lowest BCUT2D eigenvalue weighted by Gasteiger charge is -2.16. The van der Waals surface area contributed by atoms with Crippen LogP contribution in [0.5, 0.6) is 0 Å². The number of hydrogen-bond donors (Lipinski definition) is 1. The Morgan fingerprint density at radius 3 is 2.26 bits per heavy atom. The van der Waals surface area contributed by atoms with Crippen molar-refractivity contribution in [3.05, 3.63) is 94.2 Å². The highest BCUT2D eigenvalue weighted by Crippen LogP contribution is 2.40. The summed E-state index contributed by atoms with van der Waals surface area (Å²) >= 11 is 0. The van der Waals surface area contributed by atoms with Gasteiger partial charge in [0, 0.05) is 28.8 Å². The molecule has 196 valence electrons. The average Bonchev–Trinajstić information content (AvgIpc) is 3.16. The van der Waals surface area contributed by atoms with Gasteiger partial charge in [-0.1, -0.05) is 43.3 Å². The molecule has 1 atom stereocenters. The van der Waals surface area contributed by atoms with E-state index in [4.69, 9.17) is 4.99 Å². The minimum absolute atomic E-state index is 0.104. The van der Waals surface area contributed by atoms with Crippen LogP contribution in [-0.2, 0) is 12.4 Å². The van der Waals surface area contributed by atoms with Crippen LogP contribution in [-0.4, -0.2) is 21.6 Å². The van der Waals surface area contributed by atoms with E-state index in [1.807, 2.05) is 44.2 Å². The van der Waals surface area contributed by atoms with Gasteiger partial charge < -0.3 is 0 Å². The lowest BCUT2D eigenvalue weighted by atomic mass is 9.92. The first-order valence-corrected chi connectivity index (χ1v) is 11.9. The van der Waals surface area contributed by atoms with Crippen molar-refractivity contribution in [2.24, 2.45) is 9.98 Å². The van der Waals surface area contributed by atoms with Crippen LogP contribution >= 0.6 is 0 Å². The summed E-state index contributed by atoms with van der Waals surface area (Å²) < 4.78 is 80.7. The molecule has 0 amide bonds. The van der Waals surface area contributed by atoms with E-state index in [0.29, 0.717) is 29.8 Å². The molecule has 0 bridgehead atoms. The summed E-state index contributed by atoms with van der Waals surface area (Å²) in [5, 5.41) is 8.27. The first kappa shape index (κ1) is 25.7. The number of H-pyrrole nitrogens is 1. The number of halogens is 6. The Hall–Kier alpha value is -3.95. The highest BCUT2D eigenvalue weighted by molar-refractivity contribution is 6.15. The van der Waals surface area contributed by atoms with E-state index in [9.17, 15) is 26.3 Å². The number of hydrogen-bond acceptors (Lipinski definition) is 3. The summed E-state index contributed by atoms with van der Waals surface area (Å²) in [4.78, 5) is 9.33. The third-order valence-corrected chi connectivity index (χ3v) is 6.58. The molecule has 1 aromatic heterocycles. The maximum Gasteiger partial charge on any atom is 0.416 e. The minimum Gasteiger partial charge on any atom is -0.282 e. The summed E-state index contributed by atoms with van der Waals surface area (Å²) in [5.41, 5.74) is 1.79. The van der Waals surface area contributed by atoms with Crippen LogP contribution in [0.1, 0.15) is 59.3 Å². The number of aromatic amines is 1. The molecule has 0 saturated carbocycles. The predicted octanol–water partition coefficient (Wildman–Crippen LogP) is 8.37. The molecule has 10 heteroatoms. The maximum atomic E-state index is 13.4. The Morgan fingerprint density at radius 1 is 0.921 bits per heavy atom. The van der Waals surface area contributed by atoms with Gasteiger partial charge in [-0.25, -0.2) is 0 Å². The second-order valence-corrected chi connectivity index (χ2v) is 9.16. The fourth-order valence-electron chi connectivity index (χ4n) is 4.65. The van der Waals surface area contributed by atoms with E-state index in [1.165, 1.54) is 0 Å². The molecule has 0 fully saturated rings. The summed E-state index contributed by atoms with van der Waals surface area (Å²) in [6, 6.07) is 14.0. The minimum atomic E-state index is -4.96. The molecule has 4 aromatic rings. The molecule has 1 unspecified atom stereocenters. The number of fused-ring (bicyclic) bond motifs is 2. The van der Waals surface area contributed by atoms with E-state index in [1.54, 1.807) is 12.1 Å². The van der Waals surface area contributed by atoms with Crippen LogP contribution in [0.4, 0.5) is 32.0 Å². The number of rotatable bonds is 3. The standard InChI is InChI=1S/C28H22F6N4/c1-3-19-14-24(35-20-12-17(27(29,30)31)11-18(13-20)28(32,33)34)22-6-4-5-7-23(22)26(36-19)16-8-9-21-15(2)37-38-25(21)10-16/h4-13,26H,3,14H2,1-2H3,(H,37,38). The first-order chi connectivity index (χ1) is 17.9. The van der Waals surface area contributed by atoms with Gasteiger partial charge in [-0.05, 0) is 48.7 Å². The SMILES string of the molecule is CCC1=NC(c2ccc3c(C)[nH]nc3c2)c2ccccc2C(=Nc2cc(C(F)(F)F)cc(C(F)(F)F)c2)C1. The van der Waals surface area contributed by atoms with Crippen molar-refractivity contribution in [1.82, 2.24) is 10.2 Å².